The zero-order chi connectivity index (χ0) is 16.2. The first-order valence-corrected chi connectivity index (χ1v) is 7.58. The molecule has 0 amide bonds. The predicted octanol–water partition coefficient (Wildman–Crippen LogP) is 4.01. The van der Waals surface area contributed by atoms with Crippen LogP contribution in [0.15, 0.2) is 47.1 Å². The van der Waals surface area contributed by atoms with Crippen molar-refractivity contribution in [1.29, 1.82) is 0 Å². The third kappa shape index (κ3) is 3.18. The zero-order valence-corrected chi connectivity index (χ0v) is 13.6. The van der Waals surface area contributed by atoms with Crippen LogP contribution in [0.1, 0.15) is 17.0 Å². The molecule has 23 heavy (non-hydrogen) atoms. The Hall–Kier alpha value is -2.82. The number of aryl methyl sites for hydroxylation is 2. The molecule has 2 N–H and O–H groups in total. The minimum Gasteiger partial charge on any atom is -0.378 e. The number of nitrogens with zero attached hydrogens (tertiary/aromatic N) is 2. The van der Waals surface area contributed by atoms with Crippen LogP contribution in [0.5, 0.6) is 0 Å². The summed E-state index contributed by atoms with van der Waals surface area (Å²) < 4.78 is 5.26. The van der Waals surface area contributed by atoms with Gasteiger partial charge in [0.15, 0.2) is 0 Å². The molecule has 0 aliphatic heterocycles. The molecule has 1 aromatic carbocycles. The molecule has 0 spiro atoms. The van der Waals surface area contributed by atoms with Crippen molar-refractivity contribution < 1.29 is 4.52 Å². The average molecular weight is 308 g/mol. The summed E-state index contributed by atoms with van der Waals surface area (Å²) in [7, 11) is 1.87. The molecule has 2 aromatic heterocycles. The Morgan fingerprint density at radius 3 is 2.57 bits per heavy atom. The highest BCUT2D eigenvalue weighted by Crippen LogP contribution is 2.31. The van der Waals surface area contributed by atoms with Gasteiger partial charge in [-0.15, -0.1) is 0 Å². The molecule has 5 heteroatoms. The average Bonchev–Trinajstić information content (AvgIpc) is 2.92. The molecule has 3 rings (SSSR count). The largest absolute Gasteiger partial charge is 0.378 e. The summed E-state index contributed by atoms with van der Waals surface area (Å²) in [5.74, 6) is 1.62. The van der Waals surface area contributed by atoms with E-state index in [1.165, 1.54) is 5.56 Å². The molecule has 0 radical (unpaired) electrons. The molecule has 0 aliphatic carbocycles. The van der Waals surface area contributed by atoms with E-state index < -0.39 is 0 Å². The summed E-state index contributed by atoms with van der Waals surface area (Å²) in [5, 5.41) is 10.6. The third-order valence-corrected chi connectivity index (χ3v) is 3.77. The van der Waals surface area contributed by atoms with Gasteiger partial charge >= 0.3 is 0 Å². The van der Waals surface area contributed by atoms with Crippen LogP contribution in [-0.4, -0.2) is 17.2 Å². The van der Waals surface area contributed by atoms with Gasteiger partial charge in [0, 0.05) is 30.9 Å². The predicted molar refractivity (Wildman–Crippen MR) is 92.5 cm³/mol. The van der Waals surface area contributed by atoms with Gasteiger partial charge in [-0.2, -0.15) is 0 Å². The Bertz CT molecular complexity index is 777. The lowest BCUT2D eigenvalue weighted by Crippen LogP contribution is -2.04. The van der Waals surface area contributed by atoms with Gasteiger partial charge in [0.1, 0.15) is 11.6 Å². The van der Waals surface area contributed by atoms with Gasteiger partial charge in [-0.05, 0) is 25.5 Å². The molecule has 0 fully saturated rings. The van der Waals surface area contributed by atoms with Gasteiger partial charge in [0.05, 0.1) is 11.4 Å². The molecule has 0 saturated heterocycles. The van der Waals surface area contributed by atoms with Crippen LogP contribution in [0, 0.1) is 13.8 Å². The van der Waals surface area contributed by atoms with E-state index in [0.29, 0.717) is 0 Å². The van der Waals surface area contributed by atoms with Gasteiger partial charge in [0.2, 0.25) is 0 Å². The molecule has 3 aromatic rings. The maximum absolute atomic E-state index is 5.26. The van der Waals surface area contributed by atoms with E-state index in [1.54, 1.807) is 0 Å². The van der Waals surface area contributed by atoms with Crippen molar-refractivity contribution in [2.45, 2.75) is 20.4 Å². The van der Waals surface area contributed by atoms with Crippen molar-refractivity contribution in [3.8, 4) is 11.1 Å². The standard InChI is InChI=1S/C18H20N4O/c1-12-17(13(2)23-22-12)15-9-16(18(19-3)21-11-15)20-10-14-7-5-4-6-8-14/h4-9,11,20H,10H2,1-3H3,(H,19,21). The van der Waals surface area contributed by atoms with Crippen LogP contribution in [0.3, 0.4) is 0 Å². The minimum atomic E-state index is 0.738. The van der Waals surface area contributed by atoms with E-state index >= 15 is 0 Å². The number of pyridine rings is 1. The summed E-state index contributed by atoms with van der Waals surface area (Å²) >= 11 is 0. The van der Waals surface area contributed by atoms with Crippen LogP contribution in [0.2, 0.25) is 0 Å². The maximum Gasteiger partial charge on any atom is 0.149 e. The first-order valence-electron chi connectivity index (χ1n) is 7.58. The van der Waals surface area contributed by atoms with Crippen molar-refractivity contribution in [2.24, 2.45) is 0 Å². The highest BCUT2D eigenvalue weighted by molar-refractivity contribution is 5.75. The Labute approximate surface area is 135 Å². The summed E-state index contributed by atoms with van der Waals surface area (Å²) in [6, 6.07) is 12.4. The second-order valence-corrected chi connectivity index (χ2v) is 5.41. The first kappa shape index (κ1) is 15.1. The van der Waals surface area contributed by atoms with Gasteiger partial charge in [-0.1, -0.05) is 35.5 Å². The first-order chi connectivity index (χ1) is 11.2. The second kappa shape index (κ2) is 6.52. The number of benzene rings is 1. The normalized spacial score (nSPS) is 10.6. The summed E-state index contributed by atoms with van der Waals surface area (Å²) in [6.07, 6.45) is 1.84. The SMILES string of the molecule is CNc1ncc(-c2c(C)noc2C)cc1NCc1ccccc1. The van der Waals surface area contributed by atoms with E-state index in [-0.39, 0.29) is 0 Å². The number of hydrogen-bond acceptors (Lipinski definition) is 5. The van der Waals surface area contributed by atoms with E-state index in [0.717, 1.165) is 40.6 Å². The van der Waals surface area contributed by atoms with Crippen molar-refractivity contribution >= 4 is 11.5 Å². The maximum atomic E-state index is 5.26. The quantitative estimate of drug-likeness (QED) is 0.745. The summed E-state index contributed by atoms with van der Waals surface area (Å²) in [4.78, 5) is 4.50. The van der Waals surface area contributed by atoms with E-state index in [9.17, 15) is 0 Å². The highest BCUT2D eigenvalue weighted by Gasteiger charge is 2.14. The van der Waals surface area contributed by atoms with E-state index in [4.69, 9.17) is 4.52 Å². The molecular formula is C18H20N4O. The minimum absolute atomic E-state index is 0.738. The van der Waals surface area contributed by atoms with E-state index in [1.807, 2.05) is 45.3 Å². The smallest absolute Gasteiger partial charge is 0.149 e. The number of nitrogens with one attached hydrogen (secondary N) is 2. The van der Waals surface area contributed by atoms with Crippen LogP contribution in [-0.2, 0) is 6.54 Å². The lowest BCUT2D eigenvalue weighted by molar-refractivity contribution is 0.393. The van der Waals surface area contributed by atoms with E-state index in [2.05, 4.69) is 39.0 Å². The number of rotatable bonds is 5. The van der Waals surface area contributed by atoms with Gasteiger partial charge in [0.25, 0.3) is 0 Å². The lowest BCUT2D eigenvalue weighted by Gasteiger charge is -2.13. The van der Waals surface area contributed by atoms with Gasteiger partial charge < -0.3 is 15.2 Å². The Morgan fingerprint density at radius 2 is 1.91 bits per heavy atom. The second-order valence-electron chi connectivity index (χ2n) is 5.41. The van der Waals surface area contributed by atoms with Crippen molar-refractivity contribution in [1.82, 2.24) is 10.1 Å². The monoisotopic (exact) mass is 308 g/mol. The topological polar surface area (TPSA) is 63.0 Å². The fraction of sp³-hybridized carbons (Fsp3) is 0.222. The molecule has 0 unspecified atom stereocenters. The van der Waals surface area contributed by atoms with Gasteiger partial charge in [-0.3, -0.25) is 0 Å². The van der Waals surface area contributed by atoms with Crippen molar-refractivity contribution in [3.05, 3.63) is 59.6 Å². The molecule has 5 nitrogen and oxygen atoms in total. The Balaban J connectivity index is 1.91. The molecular weight excluding hydrogens is 288 g/mol. The number of aromatic nitrogens is 2. The summed E-state index contributed by atoms with van der Waals surface area (Å²) in [5.41, 5.74) is 5.04. The van der Waals surface area contributed by atoms with Crippen molar-refractivity contribution in [3.63, 3.8) is 0 Å². The summed E-state index contributed by atoms with van der Waals surface area (Å²) in [6.45, 7) is 4.59. The lowest BCUT2D eigenvalue weighted by atomic mass is 10.1. The van der Waals surface area contributed by atoms with Crippen LogP contribution in [0.4, 0.5) is 11.5 Å². The third-order valence-electron chi connectivity index (χ3n) is 3.77. The molecule has 0 saturated carbocycles. The number of anilines is 2. The van der Waals surface area contributed by atoms with Crippen LogP contribution >= 0.6 is 0 Å². The molecule has 0 aliphatic rings. The zero-order valence-electron chi connectivity index (χ0n) is 13.6. The molecule has 2 heterocycles. The van der Waals surface area contributed by atoms with Gasteiger partial charge in [-0.25, -0.2) is 4.98 Å². The van der Waals surface area contributed by atoms with Crippen LogP contribution in [0.25, 0.3) is 11.1 Å². The number of hydrogen-bond donors (Lipinski definition) is 2. The van der Waals surface area contributed by atoms with Crippen LogP contribution < -0.4 is 10.6 Å². The highest BCUT2D eigenvalue weighted by atomic mass is 16.5. The Kier molecular flexibility index (Phi) is 4.28. The molecule has 0 bridgehead atoms. The van der Waals surface area contributed by atoms with Crippen molar-refractivity contribution in [2.75, 3.05) is 17.7 Å². The molecule has 0 atom stereocenters. The fourth-order valence-corrected chi connectivity index (χ4v) is 2.62. The fourth-order valence-electron chi connectivity index (χ4n) is 2.62. The molecule has 118 valence electrons. The Morgan fingerprint density at radius 1 is 1.13 bits per heavy atom.